The summed E-state index contributed by atoms with van der Waals surface area (Å²) in [5.74, 6) is 0. The molecule has 0 aromatic heterocycles. The molecule has 0 spiro atoms. The molecule has 3 aliphatic heterocycles. The molecule has 0 saturated carbocycles. The minimum atomic E-state index is -1.82. The minimum Gasteiger partial charge on any atom is -0.394 e. The molecule has 0 aromatic carbocycles. The topological polar surface area (TPSA) is 269 Å². The summed E-state index contributed by atoms with van der Waals surface area (Å²) in [5, 5.41) is 108. The third-order valence-corrected chi connectivity index (χ3v) is 6.05. The van der Waals surface area contributed by atoms with E-state index < -0.39 is 112 Å². The van der Waals surface area contributed by atoms with E-state index in [-0.39, 0.29) is 0 Å². The smallest absolute Gasteiger partial charge is 0.186 e. The van der Waals surface area contributed by atoms with Gasteiger partial charge in [0.15, 0.2) is 18.9 Å². The molecule has 3 rings (SSSR count). The molecule has 34 heavy (non-hydrogen) atoms. The predicted molar refractivity (Wildman–Crippen MR) is 101 cm³/mol. The van der Waals surface area contributed by atoms with E-state index >= 15 is 0 Å². The number of rotatable bonds is 7. The van der Waals surface area contributed by atoms with Crippen LogP contribution in [-0.2, 0) is 23.7 Å². The average molecular weight is 504 g/mol. The lowest BCUT2D eigenvalue weighted by molar-refractivity contribution is -0.340. The lowest BCUT2D eigenvalue weighted by atomic mass is 9.98. The minimum absolute atomic E-state index is 0.570. The highest BCUT2D eigenvalue weighted by molar-refractivity contribution is 4.92. The van der Waals surface area contributed by atoms with Crippen molar-refractivity contribution >= 4 is 0 Å². The van der Waals surface area contributed by atoms with Gasteiger partial charge in [0.1, 0.15) is 73.2 Å². The largest absolute Gasteiger partial charge is 0.394 e. The standard InChI is InChI=1S/C18H32O16/c19-1-4-7(20)11(24)14(27)17(33-4)31-3-6-9(22)12(25)15(28)18(34-6)30-2-5-8(21)10(23)13(26)16(29)32-5/h4-29H,1-3H2/t4-,5-,6-,7+,8-,9-,10+,11+,12+,13-,14-,15-,16?,17-,18-/m1/s1. The summed E-state index contributed by atoms with van der Waals surface area (Å²) in [5.41, 5.74) is 0. The molecule has 1 unspecified atom stereocenters. The van der Waals surface area contributed by atoms with Crippen molar-refractivity contribution in [1.82, 2.24) is 0 Å². The van der Waals surface area contributed by atoms with Crippen molar-refractivity contribution in [1.29, 1.82) is 0 Å². The van der Waals surface area contributed by atoms with E-state index in [4.69, 9.17) is 23.7 Å². The number of hydrogen-bond acceptors (Lipinski definition) is 16. The second-order valence-corrected chi connectivity index (χ2v) is 8.42. The van der Waals surface area contributed by atoms with Crippen LogP contribution in [0.25, 0.3) is 0 Å². The Morgan fingerprint density at radius 3 is 1.29 bits per heavy atom. The Morgan fingerprint density at radius 1 is 0.441 bits per heavy atom. The molecule has 0 radical (unpaired) electrons. The van der Waals surface area contributed by atoms with Crippen molar-refractivity contribution in [2.24, 2.45) is 0 Å². The molecule has 16 nitrogen and oxygen atoms in total. The SMILES string of the molecule is OC[C@H]1O[C@@H](OC[C@H]2O[C@@H](OC[C@H]3OC(O)[C@H](O)[C@@H](O)[C@@H]3O)[C@H](O)[C@@H](O)[C@@H]2O)[C@H](O)[C@@H](O)[C@H]1O. The predicted octanol–water partition coefficient (Wildman–Crippen LogP) is -7.57. The first-order valence-corrected chi connectivity index (χ1v) is 10.6. The van der Waals surface area contributed by atoms with Gasteiger partial charge in [0.05, 0.1) is 19.8 Å². The lowest BCUT2D eigenvalue weighted by Crippen LogP contribution is -2.62. The van der Waals surface area contributed by atoms with Gasteiger partial charge in [-0.2, -0.15) is 0 Å². The monoisotopic (exact) mass is 504 g/mol. The van der Waals surface area contributed by atoms with E-state index in [9.17, 15) is 56.2 Å². The molecule has 15 atom stereocenters. The highest BCUT2D eigenvalue weighted by Gasteiger charge is 2.48. The number of hydrogen-bond donors (Lipinski definition) is 11. The third-order valence-electron chi connectivity index (χ3n) is 6.05. The maximum absolute atomic E-state index is 10.2. The Balaban J connectivity index is 1.58. The molecule has 11 N–H and O–H groups in total. The van der Waals surface area contributed by atoms with Gasteiger partial charge in [-0.1, -0.05) is 0 Å². The van der Waals surface area contributed by atoms with Crippen molar-refractivity contribution in [2.75, 3.05) is 19.8 Å². The van der Waals surface area contributed by atoms with Crippen LogP contribution in [-0.4, -0.2) is 168 Å². The molecule has 0 aliphatic carbocycles. The first-order valence-electron chi connectivity index (χ1n) is 10.6. The Kier molecular flexibility index (Phi) is 9.54. The highest BCUT2D eigenvalue weighted by atomic mass is 16.7. The van der Waals surface area contributed by atoms with Crippen LogP contribution < -0.4 is 0 Å². The van der Waals surface area contributed by atoms with Crippen LogP contribution >= 0.6 is 0 Å². The summed E-state index contributed by atoms with van der Waals surface area (Å²) in [7, 11) is 0. The first-order chi connectivity index (χ1) is 16.0. The van der Waals surface area contributed by atoms with Gasteiger partial charge in [-0.15, -0.1) is 0 Å². The van der Waals surface area contributed by atoms with Crippen LogP contribution in [0.1, 0.15) is 0 Å². The third kappa shape index (κ3) is 5.68. The van der Waals surface area contributed by atoms with E-state index in [0.29, 0.717) is 0 Å². The van der Waals surface area contributed by atoms with E-state index in [1.54, 1.807) is 0 Å². The van der Waals surface area contributed by atoms with Crippen molar-refractivity contribution < 1.29 is 79.9 Å². The lowest BCUT2D eigenvalue weighted by Gasteiger charge is -2.43. The maximum atomic E-state index is 10.2. The summed E-state index contributed by atoms with van der Waals surface area (Å²) in [4.78, 5) is 0. The second-order valence-electron chi connectivity index (χ2n) is 8.42. The summed E-state index contributed by atoms with van der Waals surface area (Å²) in [6.45, 7) is -1.84. The summed E-state index contributed by atoms with van der Waals surface area (Å²) < 4.78 is 26.1. The summed E-state index contributed by atoms with van der Waals surface area (Å²) in [6, 6.07) is 0. The van der Waals surface area contributed by atoms with Gasteiger partial charge < -0.3 is 79.9 Å². The number of ether oxygens (including phenoxy) is 5. The fourth-order valence-corrected chi connectivity index (χ4v) is 3.84. The van der Waals surface area contributed by atoms with Gasteiger partial charge in [0.25, 0.3) is 0 Å². The zero-order valence-electron chi connectivity index (χ0n) is 17.7. The van der Waals surface area contributed by atoms with Gasteiger partial charge in [-0.05, 0) is 0 Å². The molecular weight excluding hydrogens is 472 g/mol. The molecule has 3 heterocycles. The molecule has 0 bridgehead atoms. The Bertz CT molecular complexity index is 639. The normalized spacial score (nSPS) is 52.5. The Labute approximate surface area is 192 Å². The zero-order chi connectivity index (χ0) is 25.3. The van der Waals surface area contributed by atoms with Crippen molar-refractivity contribution in [2.45, 2.75) is 92.1 Å². The van der Waals surface area contributed by atoms with Crippen LogP contribution in [0.15, 0.2) is 0 Å². The van der Waals surface area contributed by atoms with E-state index in [1.165, 1.54) is 0 Å². The second kappa shape index (κ2) is 11.6. The van der Waals surface area contributed by atoms with Gasteiger partial charge in [0.2, 0.25) is 0 Å². The van der Waals surface area contributed by atoms with Crippen LogP contribution in [0.4, 0.5) is 0 Å². The molecule has 200 valence electrons. The van der Waals surface area contributed by atoms with Crippen LogP contribution in [0.3, 0.4) is 0 Å². The quantitative estimate of drug-likeness (QED) is 0.154. The van der Waals surface area contributed by atoms with Gasteiger partial charge in [-0.25, -0.2) is 0 Å². The summed E-state index contributed by atoms with van der Waals surface area (Å²) in [6.07, 6.45) is -24.4. The van der Waals surface area contributed by atoms with Gasteiger partial charge in [-0.3, -0.25) is 0 Å². The van der Waals surface area contributed by atoms with E-state index in [1.807, 2.05) is 0 Å². The molecule has 0 amide bonds. The molecule has 16 heteroatoms. The average Bonchev–Trinajstić information content (AvgIpc) is 2.82. The number of aliphatic hydroxyl groups excluding tert-OH is 11. The van der Waals surface area contributed by atoms with Gasteiger partial charge in [0, 0.05) is 0 Å². The van der Waals surface area contributed by atoms with E-state index in [0.717, 1.165) is 0 Å². The Morgan fingerprint density at radius 2 is 0.824 bits per heavy atom. The van der Waals surface area contributed by atoms with Crippen molar-refractivity contribution in [3.05, 3.63) is 0 Å². The molecular formula is C18H32O16. The van der Waals surface area contributed by atoms with E-state index in [2.05, 4.69) is 0 Å². The summed E-state index contributed by atoms with van der Waals surface area (Å²) >= 11 is 0. The molecule has 3 saturated heterocycles. The maximum Gasteiger partial charge on any atom is 0.186 e. The molecule has 3 aliphatic rings. The van der Waals surface area contributed by atoms with Crippen LogP contribution in [0.2, 0.25) is 0 Å². The first kappa shape index (κ1) is 27.9. The fourth-order valence-electron chi connectivity index (χ4n) is 3.84. The molecule has 0 aromatic rings. The van der Waals surface area contributed by atoms with Gasteiger partial charge >= 0.3 is 0 Å². The van der Waals surface area contributed by atoms with Crippen molar-refractivity contribution in [3.8, 4) is 0 Å². The number of aliphatic hydroxyl groups is 11. The van der Waals surface area contributed by atoms with Crippen LogP contribution in [0, 0.1) is 0 Å². The molecule has 3 fully saturated rings. The fraction of sp³-hybridized carbons (Fsp3) is 1.00. The zero-order valence-corrected chi connectivity index (χ0v) is 17.7. The Hall–Kier alpha value is -0.640. The van der Waals surface area contributed by atoms with Crippen LogP contribution in [0.5, 0.6) is 0 Å². The van der Waals surface area contributed by atoms with Crippen molar-refractivity contribution in [3.63, 3.8) is 0 Å². The highest BCUT2D eigenvalue weighted by Crippen LogP contribution is 2.27.